The Morgan fingerprint density at radius 1 is 1.21 bits per heavy atom. The molecule has 1 fully saturated rings. The molecule has 2 N–H and O–H groups in total. The van der Waals surface area contributed by atoms with E-state index in [9.17, 15) is 9.59 Å². The number of carbonyl (C=O) groups is 2. The van der Waals surface area contributed by atoms with Crippen molar-refractivity contribution in [1.82, 2.24) is 4.98 Å². The van der Waals surface area contributed by atoms with Crippen LogP contribution in [0.15, 0.2) is 29.6 Å². The van der Waals surface area contributed by atoms with E-state index in [4.69, 9.17) is 22.1 Å². The van der Waals surface area contributed by atoms with Gasteiger partial charge in [0.15, 0.2) is 11.3 Å². The summed E-state index contributed by atoms with van der Waals surface area (Å²) in [5.41, 5.74) is 5.21. The third-order valence-electron chi connectivity index (χ3n) is 4.22. The van der Waals surface area contributed by atoms with Crippen molar-refractivity contribution >= 4 is 34.8 Å². The number of hydrogen-bond donors (Lipinski definition) is 1. The van der Waals surface area contributed by atoms with Crippen molar-refractivity contribution in [2.24, 2.45) is 5.73 Å². The maximum atomic E-state index is 12.4. The van der Waals surface area contributed by atoms with Gasteiger partial charge in [0.2, 0.25) is 0 Å². The number of primary amides is 1. The molecule has 0 bridgehead atoms. The highest BCUT2D eigenvalue weighted by molar-refractivity contribution is 7.13. The first-order chi connectivity index (χ1) is 11.5. The number of esters is 1. The van der Waals surface area contributed by atoms with Gasteiger partial charge in [0.25, 0.3) is 5.91 Å². The normalized spacial score (nSPS) is 16.5. The average Bonchev–Trinajstić information content (AvgIpc) is 3.06. The van der Waals surface area contributed by atoms with Crippen molar-refractivity contribution in [3.05, 3.63) is 40.4 Å². The second kappa shape index (κ2) is 6.91. The average molecular weight is 365 g/mol. The van der Waals surface area contributed by atoms with Crippen LogP contribution < -0.4 is 5.73 Å². The first-order valence-electron chi connectivity index (χ1n) is 7.75. The minimum absolute atomic E-state index is 0.168. The van der Waals surface area contributed by atoms with E-state index in [-0.39, 0.29) is 5.69 Å². The number of aromatic nitrogens is 1. The smallest absolute Gasteiger partial charge is 0.358 e. The molecular formula is C17H17ClN2O3S. The monoisotopic (exact) mass is 364 g/mol. The predicted octanol–water partition coefficient (Wildman–Crippen LogP) is 3.81. The van der Waals surface area contributed by atoms with Crippen molar-refractivity contribution < 1.29 is 14.3 Å². The van der Waals surface area contributed by atoms with Crippen LogP contribution in [0.2, 0.25) is 5.02 Å². The molecule has 0 saturated heterocycles. The first-order valence-corrected chi connectivity index (χ1v) is 9.01. The van der Waals surface area contributed by atoms with Crippen LogP contribution >= 0.6 is 22.9 Å². The Hall–Kier alpha value is -1.92. The van der Waals surface area contributed by atoms with Crippen LogP contribution in [-0.2, 0) is 9.53 Å². The van der Waals surface area contributed by atoms with E-state index >= 15 is 0 Å². The Balaban J connectivity index is 1.81. The highest BCUT2D eigenvalue weighted by Crippen LogP contribution is 2.34. The molecule has 0 spiro atoms. The van der Waals surface area contributed by atoms with E-state index in [1.807, 2.05) is 18.2 Å². The van der Waals surface area contributed by atoms with Crippen molar-refractivity contribution in [2.75, 3.05) is 0 Å². The Kier molecular flexibility index (Phi) is 4.87. The topological polar surface area (TPSA) is 82.3 Å². The van der Waals surface area contributed by atoms with Gasteiger partial charge in [0.1, 0.15) is 5.01 Å². The molecule has 24 heavy (non-hydrogen) atoms. The van der Waals surface area contributed by atoms with Crippen LogP contribution in [-0.4, -0.2) is 22.5 Å². The van der Waals surface area contributed by atoms with E-state index in [0.717, 1.165) is 24.8 Å². The number of rotatable bonds is 4. The molecule has 0 aliphatic heterocycles. The molecule has 7 heteroatoms. The summed E-state index contributed by atoms with van der Waals surface area (Å²) in [5.74, 6) is -1.21. The molecule has 1 saturated carbocycles. The number of benzene rings is 1. The maximum absolute atomic E-state index is 12.4. The Morgan fingerprint density at radius 2 is 1.92 bits per heavy atom. The lowest BCUT2D eigenvalue weighted by molar-refractivity contribution is -0.140. The van der Waals surface area contributed by atoms with Crippen LogP contribution in [0.1, 0.15) is 42.6 Å². The van der Waals surface area contributed by atoms with Gasteiger partial charge in [0.05, 0.1) is 5.02 Å². The number of hydrogen-bond acceptors (Lipinski definition) is 5. The zero-order chi connectivity index (χ0) is 17.2. The number of halogens is 1. The van der Waals surface area contributed by atoms with Gasteiger partial charge in [-0.25, -0.2) is 9.78 Å². The van der Waals surface area contributed by atoms with E-state index in [1.165, 1.54) is 11.3 Å². The van der Waals surface area contributed by atoms with Gasteiger partial charge in [-0.3, -0.25) is 4.79 Å². The van der Waals surface area contributed by atoms with E-state index < -0.39 is 17.5 Å². The number of carbonyl (C=O) groups excluding carboxylic acids is 2. The fourth-order valence-electron chi connectivity index (χ4n) is 2.88. The van der Waals surface area contributed by atoms with Crippen molar-refractivity contribution in [3.8, 4) is 10.6 Å². The molecule has 0 radical (unpaired) electrons. The van der Waals surface area contributed by atoms with Gasteiger partial charge in [-0.05, 0) is 31.7 Å². The number of nitrogens with two attached hydrogens (primary N) is 1. The SMILES string of the molecule is NC(=O)C1(OC(=O)c2csc(-c3ccccc3Cl)n2)CCCCC1. The number of amides is 1. The van der Waals surface area contributed by atoms with Crippen LogP contribution in [0.4, 0.5) is 0 Å². The predicted molar refractivity (Wildman–Crippen MR) is 93.0 cm³/mol. The summed E-state index contributed by atoms with van der Waals surface area (Å²) >= 11 is 7.46. The second-order valence-corrected chi connectivity index (χ2v) is 7.09. The van der Waals surface area contributed by atoms with Gasteiger partial charge >= 0.3 is 5.97 Å². The Morgan fingerprint density at radius 3 is 2.58 bits per heavy atom. The van der Waals surface area contributed by atoms with E-state index in [1.54, 1.807) is 11.4 Å². The summed E-state index contributed by atoms with van der Waals surface area (Å²) in [6, 6.07) is 7.28. The molecule has 1 amide bonds. The summed E-state index contributed by atoms with van der Waals surface area (Å²) in [6.45, 7) is 0. The molecule has 126 valence electrons. The van der Waals surface area contributed by atoms with Gasteiger partial charge < -0.3 is 10.5 Å². The molecule has 1 heterocycles. The van der Waals surface area contributed by atoms with Crippen LogP contribution in [0.25, 0.3) is 10.6 Å². The molecule has 5 nitrogen and oxygen atoms in total. The highest BCUT2D eigenvalue weighted by Gasteiger charge is 2.42. The molecule has 1 aliphatic rings. The molecule has 2 aromatic rings. The fourth-order valence-corrected chi connectivity index (χ4v) is 3.99. The summed E-state index contributed by atoms with van der Waals surface area (Å²) < 4.78 is 5.50. The zero-order valence-electron chi connectivity index (χ0n) is 13.0. The standard InChI is InChI=1S/C17H17ClN2O3S/c18-12-7-3-2-6-11(12)14-20-13(10-24-14)15(21)23-17(16(19)22)8-4-1-5-9-17/h2-3,6-7,10H,1,4-5,8-9H2,(H2,19,22). The number of thiazole rings is 1. The number of ether oxygens (including phenoxy) is 1. The lowest BCUT2D eigenvalue weighted by Crippen LogP contribution is -2.49. The molecule has 1 aromatic heterocycles. The summed E-state index contributed by atoms with van der Waals surface area (Å²) in [4.78, 5) is 28.6. The molecule has 3 rings (SSSR count). The van der Waals surface area contributed by atoms with Crippen LogP contribution in [0.3, 0.4) is 0 Å². The highest BCUT2D eigenvalue weighted by atomic mass is 35.5. The molecule has 0 atom stereocenters. The largest absolute Gasteiger partial charge is 0.444 e. The summed E-state index contributed by atoms with van der Waals surface area (Å²) in [5, 5.41) is 2.80. The molecule has 1 aromatic carbocycles. The third-order valence-corrected chi connectivity index (χ3v) is 5.42. The van der Waals surface area contributed by atoms with Gasteiger partial charge in [-0.15, -0.1) is 11.3 Å². The Labute approximate surface area is 148 Å². The van der Waals surface area contributed by atoms with Crippen molar-refractivity contribution in [2.45, 2.75) is 37.7 Å². The van der Waals surface area contributed by atoms with Gasteiger partial charge in [-0.2, -0.15) is 0 Å². The van der Waals surface area contributed by atoms with E-state index in [0.29, 0.717) is 22.9 Å². The van der Waals surface area contributed by atoms with Crippen molar-refractivity contribution in [3.63, 3.8) is 0 Å². The molecule has 0 unspecified atom stereocenters. The minimum Gasteiger partial charge on any atom is -0.444 e. The quantitative estimate of drug-likeness (QED) is 0.836. The van der Waals surface area contributed by atoms with Crippen LogP contribution in [0.5, 0.6) is 0 Å². The third kappa shape index (κ3) is 3.30. The molecule has 1 aliphatic carbocycles. The molecular weight excluding hydrogens is 348 g/mol. The maximum Gasteiger partial charge on any atom is 0.358 e. The summed E-state index contributed by atoms with van der Waals surface area (Å²) in [7, 11) is 0. The van der Waals surface area contributed by atoms with Gasteiger partial charge in [-0.1, -0.05) is 36.2 Å². The number of nitrogens with zero attached hydrogens (tertiary/aromatic N) is 1. The Bertz CT molecular complexity index is 769. The van der Waals surface area contributed by atoms with Crippen LogP contribution in [0, 0.1) is 0 Å². The van der Waals surface area contributed by atoms with Crippen molar-refractivity contribution in [1.29, 1.82) is 0 Å². The fraction of sp³-hybridized carbons (Fsp3) is 0.353. The van der Waals surface area contributed by atoms with E-state index in [2.05, 4.69) is 4.98 Å². The summed E-state index contributed by atoms with van der Waals surface area (Å²) in [6.07, 6.45) is 3.58. The van der Waals surface area contributed by atoms with Gasteiger partial charge in [0, 0.05) is 10.9 Å². The first kappa shape index (κ1) is 16.9. The zero-order valence-corrected chi connectivity index (χ0v) is 14.5. The lowest BCUT2D eigenvalue weighted by Gasteiger charge is -2.33. The minimum atomic E-state index is -1.20. The lowest BCUT2D eigenvalue weighted by atomic mass is 9.84. The second-order valence-electron chi connectivity index (χ2n) is 5.83.